The van der Waals surface area contributed by atoms with Crippen molar-refractivity contribution < 1.29 is 14.3 Å². The molecule has 0 radical (unpaired) electrons. The number of aromatic nitrogens is 2. The van der Waals surface area contributed by atoms with Gasteiger partial charge in [-0.25, -0.2) is 4.98 Å². The number of benzene rings is 1. The molecule has 1 aliphatic rings. The van der Waals surface area contributed by atoms with Crippen LogP contribution in [0.15, 0.2) is 30.6 Å². The molecule has 1 aliphatic carbocycles. The van der Waals surface area contributed by atoms with Crippen molar-refractivity contribution in [1.29, 1.82) is 0 Å². The lowest BCUT2D eigenvalue weighted by molar-refractivity contribution is -0.122. The van der Waals surface area contributed by atoms with Crippen molar-refractivity contribution in [3.63, 3.8) is 0 Å². The Kier molecular flexibility index (Phi) is 9.76. The highest BCUT2D eigenvalue weighted by Crippen LogP contribution is 2.31. The second kappa shape index (κ2) is 11.3. The van der Waals surface area contributed by atoms with Crippen molar-refractivity contribution in [2.75, 3.05) is 14.2 Å². The van der Waals surface area contributed by atoms with Gasteiger partial charge in [-0.2, -0.15) is 0 Å². The Balaban J connectivity index is 0.00000210. The maximum Gasteiger partial charge on any atom is 0.221 e. The second-order valence-corrected chi connectivity index (χ2v) is 7.10. The van der Waals surface area contributed by atoms with Gasteiger partial charge in [-0.3, -0.25) is 4.79 Å². The molecule has 162 valence electrons. The van der Waals surface area contributed by atoms with E-state index in [2.05, 4.69) is 10.3 Å². The predicted molar refractivity (Wildman–Crippen MR) is 117 cm³/mol. The zero-order valence-electron chi connectivity index (χ0n) is 17.0. The summed E-state index contributed by atoms with van der Waals surface area (Å²) >= 11 is 0. The third-order valence-electron chi connectivity index (χ3n) is 5.29. The largest absolute Gasteiger partial charge is 0.497 e. The number of hydrogen-bond donors (Lipinski definition) is 2. The summed E-state index contributed by atoms with van der Waals surface area (Å²) in [5, 5.41) is 3.14. The molecule has 7 nitrogen and oxygen atoms in total. The Hall–Kier alpha value is -1.96. The average Bonchev–Trinajstić information content (AvgIpc) is 3.27. The van der Waals surface area contributed by atoms with Gasteiger partial charge >= 0.3 is 0 Å². The molecule has 2 aromatic rings. The number of nitrogens with zero attached hydrogens (tertiary/aromatic N) is 2. The van der Waals surface area contributed by atoms with Gasteiger partial charge in [0.2, 0.25) is 5.91 Å². The minimum Gasteiger partial charge on any atom is -0.497 e. The molecule has 0 spiro atoms. The number of halogens is 2. The fraction of sp³-hybridized carbons (Fsp3) is 0.500. The average molecular weight is 445 g/mol. The summed E-state index contributed by atoms with van der Waals surface area (Å²) in [5.41, 5.74) is 6.99. The Morgan fingerprint density at radius 2 is 1.90 bits per heavy atom. The zero-order chi connectivity index (χ0) is 19.4. The Morgan fingerprint density at radius 3 is 2.38 bits per heavy atom. The summed E-state index contributed by atoms with van der Waals surface area (Å²) in [6.45, 7) is 0. The van der Waals surface area contributed by atoms with Crippen LogP contribution in [0, 0.1) is 5.92 Å². The summed E-state index contributed by atoms with van der Waals surface area (Å²) in [6.07, 6.45) is 7.11. The van der Waals surface area contributed by atoms with Gasteiger partial charge in [-0.05, 0) is 36.5 Å². The van der Waals surface area contributed by atoms with E-state index in [1.165, 1.54) is 0 Å². The molecule has 1 aromatic carbocycles. The van der Waals surface area contributed by atoms with Crippen molar-refractivity contribution >= 4 is 30.7 Å². The maximum absolute atomic E-state index is 12.8. The summed E-state index contributed by atoms with van der Waals surface area (Å²) in [5.74, 6) is 2.29. The lowest BCUT2D eigenvalue weighted by Crippen LogP contribution is -2.35. The number of nitrogens with one attached hydrogen (secondary N) is 1. The van der Waals surface area contributed by atoms with Crippen LogP contribution in [0.4, 0.5) is 0 Å². The quantitative estimate of drug-likeness (QED) is 0.684. The molecule has 0 saturated heterocycles. The fourth-order valence-corrected chi connectivity index (χ4v) is 3.73. The van der Waals surface area contributed by atoms with E-state index in [0.29, 0.717) is 17.9 Å². The number of aryl methyl sites for hydroxylation is 1. The highest BCUT2D eigenvalue weighted by Gasteiger charge is 2.28. The van der Waals surface area contributed by atoms with Gasteiger partial charge in [0.1, 0.15) is 23.4 Å². The number of nitrogens with two attached hydrogens (primary N) is 1. The van der Waals surface area contributed by atoms with E-state index in [0.717, 1.165) is 30.7 Å². The van der Waals surface area contributed by atoms with Crippen molar-refractivity contribution in [1.82, 2.24) is 14.9 Å². The third kappa shape index (κ3) is 6.01. The molecule has 3 N–H and O–H groups in total. The van der Waals surface area contributed by atoms with Crippen molar-refractivity contribution in [3.05, 3.63) is 42.0 Å². The Morgan fingerprint density at radius 1 is 1.24 bits per heavy atom. The number of methoxy groups -OCH3 is 2. The molecule has 3 atom stereocenters. The molecule has 0 aliphatic heterocycles. The van der Waals surface area contributed by atoms with Gasteiger partial charge in [-0.1, -0.05) is 6.42 Å². The third-order valence-corrected chi connectivity index (χ3v) is 5.29. The standard InChI is InChI=1S/C20H28N4O3.2ClH/c1-24-8-7-22-20(24)19(14-9-15(26-2)12-16(10-14)27-3)23-18(25)11-13-5-4-6-17(13)21;;/h7-10,12-13,17,19H,4-6,11,21H2,1-3H3,(H,23,25);2*1H/t13-,17+,19?;;/m0../s1. The van der Waals surface area contributed by atoms with Crippen LogP contribution in [0.2, 0.25) is 0 Å². The lowest BCUT2D eigenvalue weighted by atomic mass is 9.98. The molecule has 1 fully saturated rings. The molecule has 1 aromatic heterocycles. The first-order valence-corrected chi connectivity index (χ1v) is 9.27. The van der Waals surface area contributed by atoms with E-state index in [4.69, 9.17) is 15.2 Å². The molecule has 29 heavy (non-hydrogen) atoms. The minimum absolute atomic E-state index is 0. The number of amides is 1. The van der Waals surface area contributed by atoms with Crippen molar-refractivity contribution in [2.45, 2.75) is 37.8 Å². The summed E-state index contributed by atoms with van der Waals surface area (Å²) in [6, 6.07) is 5.30. The maximum atomic E-state index is 12.8. The number of imidazole rings is 1. The van der Waals surface area contributed by atoms with E-state index in [1.807, 2.05) is 29.9 Å². The molecular formula is C20H30Cl2N4O3. The van der Waals surface area contributed by atoms with Gasteiger partial charge < -0.3 is 25.1 Å². The van der Waals surface area contributed by atoms with E-state index >= 15 is 0 Å². The number of ether oxygens (including phenoxy) is 2. The normalized spacial score (nSPS) is 18.9. The SMILES string of the molecule is COc1cc(OC)cc(C(NC(=O)C[C@@H]2CCC[C@H]2N)c2nccn2C)c1.Cl.Cl. The van der Waals surface area contributed by atoms with Crippen LogP contribution in [0.3, 0.4) is 0 Å². The number of carbonyl (C=O) groups excluding carboxylic acids is 1. The number of hydrogen-bond acceptors (Lipinski definition) is 5. The summed E-state index contributed by atoms with van der Waals surface area (Å²) in [7, 11) is 5.12. The fourth-order valence-electron chi connectivity index (χ4n) is 3.73. The van der Waals surface area contributed by atoms with Crippen LogP contribution in [0.25, 0.3) is 0 Å². The van der Waals surface area contributed by atoms with Crippen LogP contribution in [-0.4, -0.2) is 35.7 Å². The molecule has 1 saturated carbocycles. The van der Waals surface area contributed by atoms with E-state index < -0.39 is 6.04 Å². The monoisotopic (exact) mass is 444 g/mol. The first-order chi connectivity index (χ1) is 13.0. The van der Waals surface area contributed by atoms with Crippen LogP contribution >= 0.6 is 24.8 Å². The molecule has 3 rings (SSSR count). The predicted octanol–water partition coefficient (Wildman–Crippen LogP) is 3.00. The number of rotatable bonds is 7. The molecule has 1 amide bonds. The summed E-state index contributed by atoms with van der Waals surface area (Å²) in [4.78, 5) is 17.2. The topological polar surface area (TPSA) is 91.4 Å². The molecule has 1 unspecified atom stereocenters. The molecule has 9 heteroatoms. The van der Waals surface area contributed by atoms with E-state index in [1.54, 1.807) is 26.5 Å². The van der Waals surface area contributed by atoms with Crippen LogP contribution in [-0.2, 0) is 11.8 Å². The van der Waals surface area contributed by atoms with Crippen LogP contribution in [0.5, 0.6) is 11.5 Å². The van der Waals surface area contributed by atoms with Gasteiger partial charge in [0.25, 0.3) is 0 Å². The van der Waals surface area contributed by atoms with Crippen molar-refractivity contribution in [3.8, 4) is 11.5 Å². The van der Waals surface area contributed by atoms with Gasteiger partial charge in [0, 0.05) is 38.0 Å². The van der Waals surface area contributed by atoms with Gasteiger partial charge in [0.15, 0.2) is 0 Å². The van der Waals surface area contributed by atoms with E-state index in [9.17, 15) is 4.79 Å². The number of carbonyl (C=O) groups is 1. The van der Waals surface area contributed by atoms with Crippen LogP contribution < -0.4 is 20.5 Å². The minimum atomic E-state index is -0.404. The zero-order valence-corrected chi connectivity index (χ0v) is 18.6. The first kappa shape index (κ1) is 25.1. The van der Waals surface area contributed by atoms with Gasteiger partial charge in [-0.15, -0.1) is 24.8 Å². The highest BCUT2D eigenvalue weighted by atomic mass is 35.5. The van der Waals surface area contributed by atoms with Crippen molar-refractivity contribution in [2.24, 2.45) is 18.7 Å². The van der Waals surface area contributed by atoms with E-state index in [-0.39, 0.29) is 42.7 Å². The summed E-state index contributed by atoms with van der Waals surface area (Å²) < 4.78 is 12.7. The van der Waals surface area contributed by atoms with Gasteiger partial charge in [0.05, 0.1) is 14.2 Å². The molecule has 1 heterocycles. The smallest absolute Gasteiger partial charge is 0.221 e. The second-order valence-electron chi connectivity index (χ2n) is 7.10. The lowest BCUT2D eigenvalue weighted by Gasteiger charge is -2.22. The Bertz CT molecular complexity index is 778. The molecular weight excluding hydrogens is 415 g/mol. The van der Waals surface area contributed by atoms with Crippen LogP contribution in [0.1, 0.15) is 43.1 Å². The highest BCUT2D eigenvalue weighted by molar-refractivity contribution is 5.85. The first-order valence-electron chi connectivity index (χ1n) is 9.27. The Labute approximate surface area is 184 Å². The molecule has 0 bridgehead atoms.